The Bertz CT molecular complexity index is 845. The van der Waals surface area contributed by atoms with Crippen molar-refractivity contribution in [2.75, 3.05) is 7.11 Å². The molecule has 0 amide bonds. The number of rotatable bonds is 3. The second-order valence-corrected chi connectivity index (χ2v) is 6.06. The average molecular weight is 359 g/mol. The Morgan fingerprint density at radius 1 is 1.17 bits per heavy atom. The molecule has 0 fully saturated rings. The largest absolute Gasteiger partial charge is 0.495 e. The number of hydrogen-bond donors (Lipinski definition) is 1. The number of thiazole rings is 1. The van der Waals surface area contributed by atoms with Crippen molar-refractivity contribution in [2.24, 2.45) is 0 Å². The standard InChI is InChI=1S/C13H8F3N3O2S2/c1-21-7-2-3-22-10(7)6-4-9(20)19-11(17-6)12-18-8(5-23-12)13(14,15)16/h2-5H,1H3,(H,17,19,20). The van der Waals surface area contributed by atoms with Gasteiger partial charge in [-0.25, -0.2) is 9.97 Å². The molecular weight excluding hydrogens is 351 g/mol. The Balaban J connectivity index is 2.06. The summed E-state index contributed by atoms with van der Waals surface area (Å²) in [6.07, 6.45) is -4.54. The van der Waals surface area contributed by atoms with Gasteiger partial charge in [-0.15, -0.1) is 22.7 Å². The van der Waals surface area contributed by atoms with Gasteiger partial charge in [0.05, 0.1) is 17.7 Å². The quantitative estimate of drug-likeness (QED) is 0.764. The van der Waals surface area contributed by atoms with E-state index in [2.05, 4.69) is 15.0 Å². The van der Waals surface area contributed by atoms with Gasteiger partial charge in [0.15, 0.2) is 16.5 Å². The third-order valence-electron chi connectivity index (χ3n) is 2.78. The summed E-state index contributed by atoms with van der Waals surface area (Å²) in [6, 6.07) is 3.04. The number of hydrogen-bond acceptors (Lipinski definition) is 7. The highest BCUT2D eigenvalue weighted by molar-refractivity contribution is 7.14. The van der Waals surface area contributed by atoms with E-state index in [0.29, 0.717) is 16.3 Å². The normalized spacial score (nSPS) is 11.7. The van der Waals surface area contributed by atoms with E-state index in [-0.39, 0.29) is 16.7 Å². The van der Waals surface area contributed by atoms with Gasteiger partial charge in [0.1, 0.15) is 5.75 Å². The zero-order valence-corrected chi connectivity index (χ0v) is 13.1. The van der Waals surface area contributed by atoms with Crippen LogP contribution in [-0.2, 0) is 6.18 Å². The highest BCUT2D eigenvalue weighted by Crippen LogP contribution is 2.37. The topological polar surface area (TPSA) is 68.1 Å². The van der Waals surface area contributed by atoms with Crippen molar-refractivity contribution in [1.29, 1.82) is 0 Å². The molecule has 1 N–H and O–H groups in total. The Kier molecular flexibility index (Phi) is 3.94. The molecule has 3 rings (SSSR count). The summed E-state index contributed by atoms with van der Waals surface area (Å²) in [6.45, 7) is 0. The van der Waals surface area contributed by atoms with Gasteiger partial charge in [0.25, 0.3) is 0 Å². The molecule has 23 heavy (non-hydrogen) atoms. The molecule has 0 aliphatic heterocycles. The number of ether oxygens (including phenoxy) is 1. The molecule has 3 aromatic rings. The first-order valence-electron chi connectivity index (χ1n) is 6.11. The van der Waals surface area contributed by atoms with E-state index in [4.69, 9.17) is 4.74 Å². The minimum absolute atomic E-state index is 0.0232. The van der Waals surface area contributed by atoms with Gasteiger partial charge >= 0.3 is 6.18 Å². The third kappa shape index (κ3) is 3.13. The molecule has 3 heterocycles. The molecule has 0 unspecified atom stereocenters. The molecule has 0 aliphatic rings. The van der Waals surface area contributed by atoms with E-state index < -0.39 is 11.9 Å². The molecule has 0 saturated heterocycles. The van der Waals surface area contributed by atoms with Crippen LogP contribution < -0.4 is 4.74 Å². The van der Waals surface area contributed by atoms with Crippen LogP contribution >= 0.6 is 22.7 Å². The lowest BCUT2D eigenvalue weighted by Gasteiger charge is -2.04. The van der Waals surface area contributed by atoms with Crippen molar-refractivity contribution < 1.29 is 23.0 Å². The summed E-state index contributed by atoms with van der Waals surface area (Å²) >= 11 is 2.08. The molecule has 0 aromatic carbocycles. The average Bonchev–Trinajstić information content (AvgIpc) is 3.15. The molecule has 0 saturated carbocycles. The molecule has 120 valence electrons. The maximum atomic E-state index is 12.6. The third-order valence-corrected chi connectivity index (χ3v) is 4.54. The van der Waals surface area contributed by atoms with Crippen molar-refractivity contribution in [3.63, 3.8) is 0 Å². The predicted octanol–water partition coefficient (Wildman–Crippen LogP) is 4.06. The summed E-state index contributed by atoms with van der Waals surface area (Å²) in [4.78, 5) is 12.1. The van der Waals surface area contributed by atoms with Gasteiger partial charge in [-0.3, -0.25) is 0 Å². The highest BCUT2D eigenvalue weighted by Gasteiger charge is 2.34. The van der Waals surface area contributed by atoms with Gasteiger partial charge in [-0.05, 0) is 11.4 Å². The van der Waals surface area contributed by atoms with Crippen molar-refractivity contribution in [3.8, 4) is 33.0 Å². The van der Waals surface area contributed by atoms with E-state index >= 15 is 0 Å². The van der Waals surface area contributed by atoms with Crippen LogP contribution in [0.4, 0.5) is 13.2 Å². The van der Waals surface area contributed by atoms with Gasteiger partial charge in [0.2, 0.25) is 5.88 Å². The van der Waals surface area contributed by atoms with E-state index in [1.807, 2.05) is 0 Å². The van der Waals surface area contributed by atoms with Crippen LogP contribution in [0.1, 0.15) is 5.69 Å². The number of aromatic hydroxyl groups is 1. The Morgan fingerprint density at radius 3 is 2.61 bits per heavy atom. The minimum atomic E-state index is -4.54. The van der Waals surface area contributed by atoms with Crippen molar-refractivity contribution in [3.05, 3.63) is 28.6 Å². The number of nitrogens with zero attached hydrogens (tertiary/aromatic N) is 3. The van der Waals surface area contributed by atoms with Gasteiger partial charge in [-0.1, -0.05) is 0 Å². The lowest BCUT2D eigenvalue weighted by Crippen LogP contribution is -2.05. The fourth-order valence-electron chi connectivity index (χ4n) is 1.80. The lowest BCUT2D eigenvalue weighted by atomic mass is 10.3. The molecule has 0 aliphatic carbocycles. The summed E-state index contributed by atoms with van der Waals surface area (Å²) in [7, 11) is 1.49. The maximum Gasteiger partial charge on any atom is 0.434 e. The lowest BCUT2D eigenvalue weighted by molar-refractivity contribution is -0.140. The first-order chi connectivity index (χ1) is 10.9. The second kappa shape index (κ2) is 5.78. The minimum Gasteiger partial charge on any atom is -0.495 e. The van der Waals surface area contributed by atoms with E-state index in [1.165, 1.54) is 24.5 Å². The van der Waals surface area contributed by atoms with Crippen LogP contribution in [0.25, 0.3) is 21.4 Å². The monoisotopic (exact) mass is 359 g/mol. The smallest absolute Gasteiger partial charge is 0.434 e. The molecule has 3 aromatic heterocycles. The highest BCUT2D eigenvalue weighted by atomic mass is 32.1. The summed E-state index contributed by atoms with van der Waals surface area (Å²) in [5.41, 5.74) is -0.664. The summed E-state index contributed by atoms with van der Waals surface area (Å²) < 4.78 is 43.1. The number of methoxy groups -OCH3 is 1. The van der Waals surface area contributed by atoms with Crippen LogP contribution in [0.5, 0.6) is 11.6 Å². The molecule has 5 nitrogen and oxygen atoms in total. The zero-order chi connectivity index (χ0) is 16.6. The first kappa shape index (κ1) is 15.7. The second-order valence-electron chi connectivity index (χ2n) is 4.29. The fraction of sp³-hybridized carbons (Fsp3) is 0.154. The molecular formula is C13H8F3N3O2S2. The fourth-order valence-corrected chi connectivity index (χ4v) is 3.38. The summed E-state index contributed by atoms with van der Waals surface area (Å²) in [5, 5.41) is 12.4. The van der Waals surface area contributed by atoms with Crippen LogP contribution in [0, 0.1) is 0 Å². The van der Waals surface area contributed by atoms with Gasteiger partial charge in [0, 0.05) is 11.4 Å². The number of alkyl halides is 3. The predicted molar refractivity (Wildman–Crippen MR) is 79.7 cm³/mol. The van der Waals surface area contributed by atoms with Crippen molar-refractivity contribution >= 4 is 22.7 Å². The zero-order valence-electron chi connectivity index (χ0n) is 11.5. The number of halogens is 3. The van der Waals surface area contributed by atoms with Crippen LogP contribution in [0.3, 0.4) is 0 Å². The van der Waals surface area contributed by atoms with Gasteiger partial charge in [-0.2, -0.15) is 18.2 Å². The molecule has 0 spiro atoms. The Morgan fingerprint density at radius 2 is 1.96 bits per heavy atom. The number of aromatic nitrogens is 3. The van der Waals surface area contributed by atoms with Crippen LogP contribution in [-0.4, -0.2) is 27.2 Å². The molecule has 0 radical (unpaired) electrons. The van der Waals surface area contributed by atoms with E-state index in [0.717, 1.165) is 16.7 Å². The first-order valence-corrected chi connectivity index (χ1v) is 7.87. The van der Waals surface area contributed by atoms with Gasteiger partial charge < -0.3 is 9.84 Å². The van der Waals surface area contributed by atoms with Crippen LogP contribution in [0.15, 0.2) is 22.9 Å². The Labute approximate surface area is 136 Å². The maximum absolute atomic E-state index is 12.6. The SMILES string of the molecule is COc1ccsc1-c1cc(O)nc(-c2nc(C(F)(F)F)cs2)n1. The number of thiophene rings is 1. The van der Waals surface area contributed by atoms with Crippen molar-refractivity contribution in [1.82, 2.24) is 15.0 Å². The molecule has 10 heteroatoms. The molecule has 0 bridgehead atoms. The Hall–Kier alpha value is -2.20. The molecule has 0 atom stereocenters. The van der Waals surface area contributed by atoms with E-state index in [9.17, 15) is 18.3 Å². The summed E-state index contributed by atoms with van der Waals surface area (Å²) in [5.74, 6) is 0.120. The van der Waals surface area contributed by atoms with E-state index in [1.54, 1.807) is 11.4 Å². The van der Waals surface area contributed by atoms with Crippen molar-refractivity contribution in [2.45, 2.75) is 6.18 Å². The van der Waals surface area contributed by atoms with Crippen LogP contribution in [0.2, 0.25) is 0 Å².